The Hall–Kier alpha value is -1.80. The van der Waals surface area contributed by atoms with Crippen molar-refractivity contribution in [3.8, 4) is 0 Å². The number of nitrogens with one attached hydrogen (secondary N) is 1. The van der Waals surface area contributed by atoms with E-state index in [1.165, 1.54) is 12.3 Å². The molecule has 7 nitrogen and oxygen atoms in total. The lowest BCUT2D eigenvalue weighted by molar-refractivity contribution is -0.380. The van der Waals surface area contributed by atoms with Gasteiger partial charge in [-0.05, 0) is 12.5 Å². The van der Waals surface area contributed by atoms with Crippen molar-refractivity contribution in [3.05, 3.63) is 27.1 Å². The molecule has 92 valence electrons. The van der Waals surface area contributed by atoms with E-state index in [1.807, 2.05) is 0 Å². The largest absolute Gasteiger partial charge is 0.396 e. The van der Waals surface area contributed by atoms with E-state index >= 15 is 0 Å². The van der Waals surface area contributed by atoms with Crippen LogP contribution in [0.25, 0.3) is 0 Å². The fraction of sp³-hybridized carbons (Fsp3) is 0.333. The second kappa shape index (κ2) is 6.71. The van der Waals surface area contributed by atoms with Crippen LogP contribution in [0, 0.1) is 10.1 Å². The van der Waals surface area contributed by atoms with Gasteiger partial charge in [-0.3, -0.25) is 14.9 Å². The van der Waals surface area contributed by atoms with Crippen LogP contribution < -0.4 is 5.43 Å². The summed E-state index contributed by atoms with van der Waals surface area (Å²) in [4.78, 5) is 21.6. The lowest BCUT2D eigenvalue weighted by Gasteiger charge is -1.96. The minimum Gasteiger partial charge on any atom is -0.396 e. The molecule has 0 unspecified atom stereocenters. The molecule has 0 aliphatic carbocycles. The molecule has 0 saturated heterocycles. The van der Waals surface area contributed by atoms with Gasteiger partial charge in [0.05, 0.1) is 16.0 Å². The Morgan fingerprint density at radius 1 is 1.65 bits per heavy atom. The third-order valence-electron chi connectivity index (χ3n) is 1.74. The number of hydrogen-bond donors (Lipinski definition) is 2. The minimum atomic E-state index is -0.484. The molecule has 0 aromatic carbocycles. The predicted octanol–water partition coefficient (Wildman–Crippen LogP) is 0.879. The lowest BCUT2D eigenvalue weighted by Crippen LogP contribution is -2.17. The van der Waals surface area contributed by atoms with E-state index in [9.17, 15) is 14.9 Å². The standard InChI is InChI=1S/C9H11N3O4S/c13-5-1-2-8(14)11-10-6-7-3-4-9(17-7)12(15)16/h3-4,6,13H,1-2,5H2,(H,11,14). The average Bonchev–Trinajstić information content (AvgIpc) is 2.75. The number of nitrogens with zero attached hydrogens (tertiary/aromatic N) is 2. The first-order valence-electron chi connectivity index (χ1n) is 4.80. The third kappa shape index (κ3) is 4.70. The van der Waals surface area contributed by atoms with Gasteiger partial charge in [-0.25, -0.2) is 5.43 Å². The van der Waals surface area contributed by atoms with Crippen molar-refractivity contribution in [2.45, 2.75) is 12.8 Å². The van der Waals surface area contributed by atoms with Gasteiger partial charge in [0.1, 0.15) is 0 Å². The zero-order valence-corrected chi connectivity index (χ0v) is 9.64. The average molecular weight is 257 g/mol. The summed E-state index contributed by atoms with van der Waals surface area (Å²) < 4.78 is 0. The van der Waals surface area contributed by atoms with Crippen molar-refractivity contribution in [2.75, 3.05) is 6.61 Å². The number of hydrogen-bond acceptors (Lipinski definition) is 6. The highest BCUT2D eigenvalue weighted by Gasteiger charge is 2.07. The monoisotopic (exact) mass is 257 g/mol. The van der Waals surface area contributed by atoms with Crippen LogP contribution >= 0.6 is 11.3 Å². The molecule has 0 aliphatic heterocycles. The van der Waals surface area contributed by atoms with E-state index in [0.29, 0.717) is 11.3 Å². The summed E-state index contributed by atoms with van der Waals surface area (Å²) in [7, 11) is 0. The fourth-order valence-electron chi connectivity index (χ4n) is 0.973. The third-order valence-corrected chi connectivity index (χ3v) is 2.71. The van der Waals surface area contributed by atoms with E-state index in [0.717, 1.165) is 11.3 Å². The Labute approximate surface area is 101 Å². The molecule has 2 N–H and O–H groups in total. The van der Waals surface area contributed by atoms with E-state index in [2.05, 4.69) is 10.5 Å². The molecule has 17 heavy (non-hydrogen) atoms. The minimum absolute atomic E-state index is 0.0260. The van der Waals surface area contributed by atoms with Gasteiger partial charge in [0, 0.05) is 19.1 Å². The highest BCUT2D eigenvalue weighted by atomic mass is 32.1. The maximum atomic E-state index is 11.1. The maximum absolute atomic E-state index is 11.1. The lowest BCUT2D eigenvalue weighted by atomic mass is 10.3. The number of carbonyl (C=O) groups excluding carboxylic acids is 1. The van der Waals surface area contributed by atoms with Gasteiger partial charge in [-0.15, -0.1) is 0 Å². The van der Waals surface area contributed by atoms with Gasteiger partial charge < -0.3 is 5.11 Å². The Kier molecular flexibility index (Phi) is 5.24. The van der Waals surface area contributed by atoms with Gasteiger partial charge in [0.15, 0.2) is 0 Å². The molecule has 1 heterocycles. The van der Waals surface area contributed by atoms with Crippen LogP contribution in [0.2, 0.25) is 0 Å². The molecular formula is C9H11N3O4S. The molecule has 0 atom stereocenters. The summed E-state index contributed by atoms with van der Waals surface area (Å²) in [5.41, 5.74) is 2.26. The van der Waals surface area contributed by atoms with Crippen LogP contribution in [0.4, 0.5) is 5.00 Å². The predicted molar refractivity (Wildman–Crippen MR) is 63.0 cm³/mol. The van der Waals surface area contributed by atoms with Crippen LogP contribution in [0.15, 0.2) is 17.2 Å². The van der Waals surface area contributed by atoms with Gasteiger partial charge >= 0.3 is 5.00 Å². The molecule has 0 spiro atoms. The summed E-state index contributed by atoms with van der Waals surface area (Å²) in [6.07, 6.45) is 1.92. The zero-order chi connectivity index (χ0) is 12.7. The molecule has 0 radical (unpaired) electrons. The normalized spacial score (nSPS) is 10.6. The topological polar surface area (TPSA) is 105 Å². The smallest absolute Gasteiger partial charge is 0.324 e. The second-order valence-electron chi connectivity index (χ2n) is 3.05. The Morgan fingerprint density at radius 3 is 3.00 bits per heavy atom. The number of aliphatic hydroxyl groups is 1. The first-order valence-corrected chi connectivity index (χ1v) is 5.62. The Bertz CT molecular complexity index is 430. The number of carbonyl (C=O) groups is 1. The van der Waals surface area contributed by atoms with E-state index in [4.69, 9.17) is 5.11 Å². The molecule has 0 bridgehead atoms. The van der Waals surface area contributed by atoms with Crippen LogP contribution in [-0.4, -0.2) is 28.8 Å². The van der Waals surface area contributed by atoms with Gasteiger partial charge in [-0.1, -0.05) is 11.3 Å². The Morgan fingerprint density at radius 2 is 2.41 bits per heavy atom. The van der Waals surface area contributed by atoms with Crippen LogP contribution in [0.3, 0.4) is 0 Å². The molecule has 0 aliphatic rings. The van der Waals surface area contributed by atoms with E-state index in [-0.39, 0.29) is 23.9 Å². The fourth-order valence-corrected chi connectivity index (χ4v) is 1.67. The number of nitro groups is 1. The maximum Gasteiger partial charge on any atom is 0.324 e. The summed E-state index contributed by atoms with van der Waals surface area (Å²) in [5, 5.41) is 22.6. The second-order valence-corrected chi connectivity index (χ2v) is 4.15. The van der Waals surface area contributed by atoms with Crippen LogP contribution in [0.1, 0.15) is 17.7 Å². The molecule has 8 heteroatoms. The summed E-state index contributed by atoms with van der Waals surface area (Å²) in [6.45, 7) is -0.0474. The number of amides is 1. The van der Waals surface area contributed by atoms with Crippen molar-refractivity contribution in [1.29, 1.82) is 0 Å². The summed E-state index contributed by atoms with van der Waals surface area (Å²) >= 11 is 0.971. The molecular weight excluding hydrogens is 246 g/mol. The highest BCUT2D eigenvalue weighted by molar-refractivity contribution is 7.16. The van der Waals surface area contributed by atoms with Crippen molar-refractivity contribution < 1.29 is 14.8 Å². The number of thiophene rings is 1. The number of rotatable bonds is 6. The van der Waals surface area contributed by atoms with Crippen molar-refractivity contribution >= 4 is 28.5 Å². The molecule has 0 saturated carbocycles. The summed E-state index contributed by atoms with van der Waals surface area (Å²) in [5.74, 6) is -0.304. The molecule has 1 amide bonds. The molecule has 0 fully saturated rings. The van der Waals surface area contributed by atoms with Gasteiger partial charge in [-0.2, -0.15) is 5.10 Å². The van der Waals surface area contributed by atoms with Crippen LogP contribution in [0.5, 0.6) is 0 Å². The zero-order valence-electron chi connectivity index (χ0n) is 8.83. The number of aliphatic hydroxyl groups excluding tert-OH is 1. The first kappa shape index (κ1) is 13.3. The van der Waals surface area contributed by atoms with Gasteiger partial charge in [0.25, 0.3) is 0 Å². The quantitative estimate of drug-likeness (QED) is 0.448. The Balaban J connectivity index is 2.42. The van der Waals surface area contributed by atoms with E-state index in [1.54, 1.807) is 6.07 Å². The first-order chi connectivity index (χ1) is 8.13. The summed E-state index contributed by atoms with van der Waals surface area (Å²) in [6, 6.07) is 2.92. The van der Waals surface area contributed by atoms with Crippen molar-refractivity contribution in [1.82, 2.24) is 5.43 Å². The molecule has 1 aromatic rings. The van der Waals surface area contributed by atoms with E-state index < -0.39 is 4.92 Å². The number of hydrazone groups is 1. The molecule has 1 aromatic heterocycles. The van der Waals surface area contributed by atoms with Crippen LogP contribution in [-0.2, 0) is 4.79 Å². The molecule has 1 rings (SSSR count). The van der Waals surface area contributed by atoms with Crippen molar-refractivity contribution in [3.63, 3.8) is 0 Å². The SMILES string of the molecule is O=C(CCCO)NN=Cc1ccc([N+](=O)[O-])s1. The van der Waals surface area contributed by atoms with Crippen molar-refractivity contribution in [2.24, 2.45) is 5.10 Å². The van der Waals surface area contributed by atoms with Gasteiger partial charge in [0.2, 0.25) is 5.91 Å². The highest BCUT2D eigenvalue weighted by Crippen LogP contribution is 2.22.